The van der Waals surface area contributed by atoms with Crippen molar-refractivity contribution in [1.82, 2.24) is 9.97 Å². The summed E-state index contributed by atoms with van der Waals surface area (Å²) >= 11 is 0. The van der Waals surface area contributed by atoms with Crippen LogP contribution in [-0.2, 0) is 14.3 Å². The molecule has 118 valence electrons. The van der Waals surface area contributed by atoms with E-state index < -0.39 is 16.4 Å². The zero-order chi connectivity index (χ0) is 16.3. The van der Waals surface area contributed by atoms with Gasteiger partial charge in [-0.05, 0) is 13.0 Å². The largest absolute Gasteiger partial charge is 0.467 e. The molecule has 0 radical (unpaired) electrons. The Morgan fingerprint density at radius 2 is 2.27 bits per heavy atom. The van der Waals surface area contributed by atoms with E-state index in [1.54, 1.807) is 19.2 Å². The second-order valence-corrected chi connectivity index (χ2v) is 4.90. The second kappa shape index (κ2) is 5.98. The normalized spacial score (nSPS) is 13.6. The van der Waals surface area contributed by atoms with Crippen LogP contribution in [0.15, 0.2) is 18.5 Å². The van der Waals surface area contributed by atoms with Crippen LogP contribution in [0.1, 0.15) is 6.92 Å². The fraction of sp³-hybridized carbons (Fsp3) is 0.385. The third-order valence-electron chi connectivity index (χ3n) is 3.23. The zero-order valence-corrected chi connectivity index (χ0v) is 12.4. The van der Waals surface area contributed by atoms with E-state index in [1.165, 1.54) is 14.2 Å². The quantitative estimate of drug-likeness (QED) is 0.471. The molecule has 0 fully saturated rings. The third-order valence-corrected chi connectivity index (χ3v) is 3.23. The molecule has 2 aromatic heterocycles. The highest BCUT2D eigenvalue weighted by atomic mass is 16.6. The summed E-state index contributed by atoms with van der Waals surface area (Å²) in [5.41, 5.74) is -0.864. The number of nitro groups is 1. The molecule has 0 bridgehead atoms. The second-order valence-electron chi connectivity index (χ2n) is 4.90. The van der Waals surface area contributed by atoms with Crippen molar-refractivity contribution in [1.29, 1.82) is 0 Å². The lowest BCUT2D eigenvalue weighted by Gasteiger charge is -2.28. The summed E-state index contributed by atoms with van der Waals surface area (Å²) in [6.07, 6.45) is 2.74. The molecule has 0 saturated carbocycles. The maximum atomic E-state index is 12.0. The van der Waals surface area contributed by atoms with Crippen molar-refractivity contribution in [3.05, 3.63) is 28.6 Å². The Morgan fingerprint density at radius 3 is 2.86 bits per heavy atom. The van der Waals surface area contributed by atoms with E-state index in [4.69, 9.17) is 9.47 Å². The van der Waals surface area contributed by atoms with Gasteiger partial charge in [0.1, 0.15) is 17.5 Å². The average molecular weight is 308 g/mol. The summed E-state index contributed by atoms with van der Waals surface area (Å²) in [6, 6.07) is 1.64. The first kappa shape index (κ1) is 15.7. The number of aromatic amines is 1. The fourth-order valence-electron chi connectivity index (χ4n) is 2.20. The van der Waals surface area contributed by atoms with E-state index >= 15 is 0 Å². The van der Waals surface area contributed by atoms with Crippen LogP contribution in [0.2, 0.25) is 0 Å². The van der Waals surface area contributed by atoms with Crippen LogP contribution in [0.5, 0.6) is 0 Å². The molecule has 1 unspecified atom stereocenters. The van der Waals surface area contributed by atoms with Gasteiger partial charge in [-0.25, -0.2) is 9.78 Å². The van der Waals surface area contributed by atoms with Crippen molar-refractivity contribution in [2.45, 2.75) is 12.5 Å². The minimum absolute atomic E-state index is 0.0228. The van der Waals surface area contributed by atoms with E-state index in [-0.39, 0.29) is 18.0 Å². The first-order valence-electron chi connectivity index (χ1n) is 6.39. The molecule has 9 heteroatoms. The molecule has 0 spiro atoms. The summed E-state index contributed by atoms with van der Waals surface area (Å²) < 4.78 is 9.80. The topological polar surface area (TPSA) is 119 Å². The third kappa shape index (κ3) is 2.70. The first-order chi connectivity index (χ1) is 10.4. The van der Waals surface area contributed by atoms with Crippen molar-refractivity contribution in [3.63, 3.8) is 0 Å². The molecular weight excluding hydrogens is 292 g/mol. The molecule has 0 aliphatic carbocycles. The van der Waals surface area contributed by atoms with Gasteiger partial charge in [0.2, 0.25) is 0 Å². The molecule has 1 atom stereocenters. The van der Waals surface area contributed by atoms with Gasteiger partial charge in [0.25, 0.3) is 0 Å². The van der Waals surface area contributed by atoms with Gasteiger partial charge < -0.3 is 19.8 Å². The smallest absolute Gasteiger partial charge is 0.333 e. The highest BCUT2D eigenvalue weighted by Crippen LogP contribution is 2.33. The number of anilines is 1. The molecule has 9 nitrogen and oxygen atoms in total. The van der Waals surface area contributed by atoms with Gasteiger partial charge in [-0.3, -0.25) is 10.1 Å². The van der Waals surface area contributed by atoms with Crippen molar-refractivity contribution in [2.24, 2.45) is 0 Å². The molecule has 0 saturated heterocycles. The number of carbonyl (C=O) groups is 1. The maximum Gasteiger partial charge on any atom is 0.333 e. The first-order valence-corrected chi connectivity index (χ1v) is 6.39. The van der Waals surface area contributed by atoms with Crippen molar-refractivity contribution >= 4 is 28.4 Å². The summed E-state index contributed by atoms with van der Waals surface area (Å²) in [6.45, 7) is 1.52. The summed E-state index contributed by atoms with van der Waals surface area (Å²) in [5.74, 6) is -0.593. The summed E-state index contributed by atoms with van der Waals surface area (Å²) in [5, 5.41) is 14.6. The van der Waals surface area contributed by atoms with Crippen LogP contribution in [0, 0.1) is 10.1 Å². The lowest BCUT2D eigenvalue weighted by Crippen LogP contribution is -2.48. The van der Waals surface area contributed by atoms with E-state index in [2.05, 4.69) is 15.3 Å². The van der Waals surface area contributed by atoms with E-state index in [1.807, 2.05) is 0 Å². The van der Waals surface area contributed by atoms with Crippen LogP contribution >= 0.6 is 0 Å². The van der Waals surface area contributed by atoms with E-state index in [9.17, 15) is 14.9 Å². The Hall–Kier alpha value is -2.68. The minimum Gasteiger partial charge on any atom is -0.467 e. The molecule has 2 rings (SSSR count). The number of nitrogens with zero attached hydrogens (tertiary/aromatic N) is 2. The maximum absolute atomic E-state index is 12.0. The Labute approximate surface area is 125 Å². The number of H-pyrrole nitrogens is 1. The van der Waals surface area contributed by atoms with Gasteiger partial charge in [0.05, 0.1) is 18.6 Å². The van der Waals surface area contributed by atoms with Gasteiger partial charge in [-0.2, -0.15) is 0 Å². The number of hydrogen-bond acceptors (Lipinski definition) is 7. The Bertz CT molecular complexity index is 714. The van der Waals surface area contributed by atoms with Crippen molar-refractivity contribution < 1.29 is 19.2 Å². The highest BCUT2D eigenvalue weighted by molar-refractivity contribution is 5.97. The Balaban J connectivity index is 2.56. The number of nitrogens with one attached hydrogen (secondary N) is 2. The number of methoxy groups -OCH3 is 2. The predicted octanol–water partition coefficient (Wildman–Crippen LogP) is 1.46. The zero-order valence-electron chi connectivity index (χ0n) is 12.4. The van der Waals surface area contributed by atoms with Gasteiger partial charge in [0.15, 0.2) is 5.54 Å². The number of rotatable bonds is 6. The predicted molar refractivity (Wildman–Crippen MR) is 78.7 cm³/mol. The SMILES string of the molecule is COCC(C)(Nc1c([N+](=O)[O-])cnc2[nH]ccc12)C(=O)OC. The van der Waals surface area contributed by atoms with Gasteiger partial charge in [-0.15, -0.1) is 0 Å². The van der Waals surface area contributed by atoms with E-state index in [0.29, 0.717) is 11.0 Å². The monoisotopic (exact) mass is 308 g/mol. The molecule has 0 aromatic carbocycles. The molecule has 0 aliphatic heterocycles. The van der Waals surface area contributed by atoms with Crippen molar-refractivity contribution in [2.75, 3.05) is 26.1 Å². The van der Waals surface area contributed by atoms with Crippen LogP contribution in [0.25, 0.3) is 11.0 Å². The molecule has 2 N–H and O–H groups in total. The number of hydrogen-bond donors (Lipinski definition) is 2. The molecule has 0 amide bonds. The molecule has 0 aliphatic rings. The number of aromatic nitrogens is 2. The molecular formula is C13H16N4O5. The van der Waals surface area contributed by atoms with Crippen LogP contribution in [0.4, 0.5) is 11.4 Å². The van der Waals surface area contributed by atoms with Gasteiger partial charge >= 0.3 is 11.7 Å². The van der Waals surface area contributed by atoms with E-state index in [0.717, 1.165) is 6.20 Å². The summed E-state index contributed by atoms with van der Waals surface area (Å²) in [4.78, 5) is 29.5. The van der Waals surface area contributed by atoms with Crippen molar-refractivity contribution in [3.8, 4) is 0 Å². The van der Waals surface area contributed by atoms with Gasteiger partial charge in [0, 0.05) is 18.7 Å². The lowest BCUT2D eigenvalue weighted by molar-refractivity contribution is -0.384. The lowest BCUT2D eigenvalue weighted by atomic mass is 10.0. The number of ether oxygens (including phenoxy) is 2. The van der Waals surface area contributed by atoms with Crippen LogP contribution in [0.3, 0.4) is 0 Å². The number of fused-ring (bicyclic) bond motifs is 1. The van der Waals surface area contributed by atoms with Crippen LogP contribution < -0.4 is 5.32 Å². The average Bonchev–Trinajstić information content (AvgIpc) is 2.95. The standard InChI is InChI=1S/C13H16N4O5/c1-13(7-21-2,12(18)22-3)16-10-8-4-5-14-11(8)15-6-9(10)17(19)20/h4-6H,7H2,1-3H3,(H2,14,15,16). The number of pyridine rings is 1. The summed E-state index contributed by atoms with van der Waals surface area (Å²) in [7, 11) is 2.67. The van der Waals surface area contributed by atoms with Gasteiger partial charge in [-0.1, -0.05) is 0 Å². The molecule has 22 heavy (non-hydrogen) atoms. The highest BCUT2D eigenvalue weighted by Gasteiger charge is 2.37. The minimum atomic E-state index is -1.28. The fourth-order valence-corrected chi connectivity index (χ4v) is 2.20. The Morgan fingerprint density at radius 1 is 1.55 bits per heavy atom. The molecule has 2 aromatic rings. The number of esters is 1. The molecule has 2 heterocycles. The van der Waals surface area contributed by atoms with Crippen LogP contribution in [-0.4, -0.2) is 47.2 Å². The Kier molecular flexibility index (Phi) is 4.27. The number of carbonyl (C=O) groups excluding carboxylic acids is 1.